The summed E-state index contributed by atoms with van der Waals surface area (Å²) < 4.78 is 14.0. The summed E-state index contributed by atoms with van der Waals surface area (Å²) in [6.45, 7) is 6.55. The zero-order valence-electron chi connectivity index (χ0n) is 12.7. The van der Waals surface area contributed by atoms with Crippen molar-refractivity contribution >= 4 is 5.69 Å². The van der Waals surface area contributed by atoms with E-state index in [1.807, 2.05) is 30.3 Å². The fourth-order valence-electron chi connectivity index (χ4n) is 2.55. The smallest absolute Gasteiger partial charge is 0.146 e. The van der Waals surface area contributed by atoms with Gasteiger partial charge in [0.15, 0.2) is 0 Å². The van der Waals surface area contributed by atoms with Gasteiger partial charge in [-0.1, -0.05) is 49.4 Å². The predicted molar refractivity (Wildman–Crippen MR) is 87.1 cm³/mol. The van der Waals surface area contributed by atoms with E-state index < -0.39 is 0 Å². The van der Waals surface area contributed by atoms with Crippen LogP contribution in [0.2, 0.25) is 0 Å². The van der Waals surface area contributed by atoms with Gasteiger partial charge in [-0.15, -0.1) is 0 Å². The summed E-state index contributed by atoms with van der Waals surface area (Å²) in [5, 5.41) is 3.49. The van der Waals surface area contributed by atoms with E-state index in [1.54, 1.807) is 6.07 Å². The summed E-state index contributed by atoms with van der Waals surface area (Å²) in [5.41, 5.74) is 1.90. The molecule has 0 heterocycles. The number of anilines is 1. The average Bonchev–Trinajstić information content (AvgIpc) is 2.53. The van der Waals surface area contributed by atoms with Gasteiger partial charge in [0.2, 0.25) is 0 Å². The Kier molecular flexibility index (Phi) is 5.76. The van der Waals surface area contributed by atoms with Crippen molar-refractivity contribution in [3.8, 4) is 0 Å². The largest absolute Gasteiger partial charge is 0.368 e. The summed E-state index contributed by atoms with van der Waals surface area (Å²) in [5.74, 6) is -0.164. The zero-order valence-corrected chi connectivity index (χ0v) is 12.7. The molecule has 0 bridgehead atoms. The number of para-hydroxylation sites is 1. The van der Waals surface area contributed by atoms with E-state index in [-0.39, 0.29) is 11.9 Å². The number of likely N-dealkylation sites (N-methyl/N-ethyl adjacent to an activating group) is 2. The lowest BCUT2D eigenvalue weighted by molar-refractivity contribution is 0.533. The second kappa shape index (κ2) is 7.79. The van der Waals surface area contributed by atoms with Gasteiger partial charge in [0.05, 0.1) is 5.69 Å². The number of hydrogen-bond acceptors (Lipinski definition) is 2. The summed E-state index contributed by atoms with van der Waals surface area (Å²) in [4.78, 5) is 2.08. The number of nitrogens with one attached hydrogen (secondary N) is 1. The van der Waals surface area contributed by atoms with Gasteiger partial charge in [-0.2, -0.15) is 0 Å². The molecular weight excluding hydrogens is 263 g/mol. The fraction of sp³-hybridized carbons (Fsp3) is 0.333. The van der Waals surface area contributed by atoms with Gasteiger partial charge in [0.25, 0.3) is 0 Å². The minimum absolute atomic E-state index is 0.164. The molecule has 0 saturated heterocycles. The van der Waals surface area contributed by atoms with Gasteiger partial charge in [0.1, 0.15) is 5.82 Å². The maximum absolute atomic E-state index is 14.0. The Morgan fingerprint density at radius 1 is 1.00 bits per heavy atom. The molecule has 1 atom stereocenters. The number of halogens is 1. The van der Waals surface area contributed by atoms with E-state index in [0.717, 1.165) is 19.6 Å². The third kappa shape index (κ3) is 4.05. The Hall–Kier alpha value is -1.87. The fourth-order valence-corrected chi connectivity index (χ4v) is 2.55. The Morgan fingerprint density at radius 3 is 2.29 bits per heavy atom. The summed E-state index contributed by atoms with van der Waals surface area (Å²) in [6.07, 6.45) is 0. The van der Waals surface area contributed by atoms with Crippen LogP contribution in [0.5, 0.6) is 0 Å². The van der Waals surface area contributed by atoms with Crippen LogP contribution < -0.4 is 10.2 Å². The van der Waals surface area contributed by atoms with Crippen LogP contribution in [0.3, 0.4) is 0 Å². The van der Waals surface area contributed by atoms with Crippen molar-refractivity contribution in [3.05, 3.63) is 66.0 Å². The highest BCUT2D eigenvalue weighted by Gasteiger charge is 2.16. The Balaban J connectivity index is 2.20. The van der Waals surface area contributed by atoms with Gasteiger partial charge in [-0.25, -0.2) is 4.39 Å². The van der Waals surface area contributed by atoms with Crippen LogP contribution in [-0.2, 0) is 0 Å². The first kappa shape index (κ1) is 15.5. The molecule has 0 aliphatic carbocycles. The van der Waals surface area contributed by atoms with E-state index in [2.05, 4.69) is 36.2 Å². The van der Waals surface area contributed by atoms with Gasteiger partial charge < -0.3 is 10.2 Å². The molecule has 0 aliphatic heterocycles. The normalized spacial score (nSPS) is 12.1. The molecule has 112 valence electrons. The van der Waals surface area contributed by atoms with Crippen molar-refractivity contribution in [2.45, 2.75) is 19.9 Å². The minimum atomic E-state index is -0.164. The average molecular weight is 286 g/mol. The molecule has 0 aliphatic rings. The van der Waals surface area contributed by atoms with E-state index >= 15 is 0 Å². The molecule has 1 unspecified atom stereocenters. The molecule has 2 nitrogen and oxygen atoms in total. The highest BCUT2D eigenvalue weighted by molar-refractivity contribution is 5.48. The number of rotatable bonds is 7. The second-order valence-electron chi connectivity index (χ2n) is 5.01. The Bertz CT molecular complexity index is 542. The summed E-state index contributed by atoms with van der Waals surface area (Å²) in [7, 11) is 0. The molecule has 0 spiro atoms. The van der Waals surface area contributed by atoms with Gasteiger partial charge in [-0.05, 0) is 31.2 Å². The number of benzene rings is 2. The molecule has 0 fully saturated rings. The Labute approximate surface area is 126 Å². The maximum Gasteiger partial charge on any atom is 0.146 e. The minimum Gasteiger partial charge on any atom is -0.368 e. The molecular formula is C18H23FN2. The van der Waals surface area contributed by atoms with Crippen LogP contribution in [0.15, 0.2) is 54.6 Å². The third-order valence-corrected chi connectivity index (χ3v) is 3.63. The van der Waals surface area contributed by atoms with E-state index in [9.17, 15) is 4.39 Å². The van der Waals surface area contributed by atoms with E-state index in [0.29, 0.717) is 5.69 Å². The van der Waals surface area contributed by atoms with Crippen molar-refractivity contribution in [1.29, 1.82) is 0 Å². The van der Waals surface area contributed by atoms with E-state index in [4.69, 9.17) is 0 Å². The quantitative estimate of drug-likeness (QED) is 0.827. The maximum atomic E-state index is 14.0. The van der Waals surface area contributed by atoms with Crippen LogP contribution in [-0.4, -0.2) is 19.6 Å². The topological polar surface area (TPSA) is 15.3 Å². The molecule has 2 rings (SSSR count). The molecule has 0 aromatic heterocycles. The summed E-state index contributed by atoms with van der Waals surface area (Å²) >= 11 is 0. The first-order valence-electron chi connectivity index (χ1n) is 7.54. The first-order chi connectivity index (χ1) is 10.3. The van der Waals surface area contributed by atoms with Gasteiger partial charge in [0, 0.05) is 19.1 Å². The molecule has 0 radical (unpaired) electrons. The number of nitrogens with zero attached hydrogens (tertiary/aromatic N) is 1. The monoisotopic (exact) mass is 286 g/mol. The van der Waals surface area contributed by atoms with Gasteiger partial charge >= 0.3 is 0 Å². The lowest BCUT2D eigenvalue weighted by Gasteiger charge is -2.29. The SMILES string of the molecule is CCNC(CN(CC)c1ccccc1F)c1ccccc1. The van der Waals surface area contributed by atoms with Crippen LogP contribution in [0.4, 0.5) is 10.1 Å². The summed E-state index contributed by atoms with van der Waals surface area (Å²) in [6, 6.07) is 17.5. The van der Waals surface area contributed by atoms with Crippen LogP contribution in [0.1, 0.15) is 25.5 Å². The Morgan fingerprint density at radius 2 is 1.67 bits per heavy atom. The lowest BCUT2D eigenvalue weighted by atomic mass is 10.1. The standard InChI is InChI=1S/C18H23FN2/c1-3-20-17(15-10-6-5-7-11-15)14-21(4-2)18-13-9-8-12-16(18)19/h5-13,17,20H,3-4,14H2,1-2H3. The van der Waals surface area contributed by atoms with Crippen molar-refractivity contribution in [2.75, 3.05) is 24.5 Å². The molecule has 0 saturated carbocycles. The van der Waals surface area contributed by atoms with Crippen molar-refractivity contribution < 1.29 is 4.39 Å². The van der Waals surface area contributed by atoms with Crippen LogP contribution in [0, 0.1) is 5.82 Å². The highest BCUT2D eigenvalue weighted by Crippen LogP contribution is 2.22. The molecule has 3 heteroatoms. The van der Waals surface area contributed by atoms with Crippen LogP contribution in [0.25, 0.3) is 0 Å². The van der Waals surface area contributed by atoms with Crippen molar-refractivity contribution in [3.63, 3.8) is 0 Å². The molecule has 21 heavy (non-hydrogen) atoms. The van der Waals surface area contributed by atoms with Crippen molar-refractivity contribution in [1.82, 2.24) is 5.32 Å². The van der Waals surface area contributed by atoms with Crippen molar-refractivity contribution in [2.24, 2.45) is 0 Å². The van der Waals surface area contributed by atoms with Crippen LogP contribution >= 0.6 is 0 Å². The highest BCUT2D eigenvalue weighted by atomic mass is 19.1. The molecule has 2 aromatic carbocycles. The number of hydrogen-bond donors (Lipinski definition) is 1. The molecule has 2 aromatic rings. The second-order valence-corrected chi connectivity index (χ2v) is 5.01. The molecule has 0 amide bonds. The molecule has 1 N–H and O–H groups in total. The lowest BCUT2D eigenvalue weighted by Crippen LogP contribution is -2.35. The van der Waals surface area contributed by atoms with E-state index in [1.165, 1.54) is 11.6 Å². The first-order valence-corrected chi connectivity index (χ1v) is 7.54. The van der Waals surface area contributed by atoms with Gasteiger partial charge in [-0.3, -0.25) is 0 Å². The predicted octanol–water partition coefficient (Wildman–Crippen LogP) is 4.00. The third-order valence-electron chi connectivity index (χ3n) is 3.63. The zero-order chi connectivity index (χ0) is 15.1.